The summed E-state index contributed by atoms with van der Waals surface area (Å²) in [6.07, 6.45) is 0. The average Bonchev–Trinajstić information content (AvgIpc) is 2.72. The molecule has 1 aromatic rings. The van der Waals surface area contributed by atoms with E-state index in [0.717, 1.165) is 5.56 Å². The lowest BCUT2D eigenvalue weighted by Crippen LogP contribution is -2.33. The zero-order valence-electron chi connectivity index (χ0n) is 12.1. The lowest BCUT2D eigenvalue weighted by Gasteiger charge is -2.22. The summed E-state index contributed by atoms with van der Waals surface area (Å²) in [5.41, 5.74) is 0.829. The molecule has 1 heterocycles. The summed E-state index contributed by atoms with van der Waals surface area (Å²) in [6, 6.07) is 7.16. The van der Waals surface area contributed by atoms with Crippen molar-refractivity contribution in [3.05, 3.63) is 29.8 Å². The molecule has 0 aliphatic carbocycles. The predicted molar refractivity (Wildman–Crippen MR) is 76.8 cm³/mol. The molecule has 0 aromatic heterocycles. The van der Waals surface area contributed by atoms with Gasteiger partial charge in [-0.15, -0.1) is 0 Å². The van der Waals surface area contributed by atoms with Gasteiger partial charge in [0.2, 0.25) is 0 Å². The number of carboxylic acids is 2. The molecule has 0 radical (unpaired) electrons. The Kier molecular flexibility index (Phi) is 5.74. The third-order valence-corrected chi connectivity index (χ3v) is 3.42. The Morgan fingerprint density at radius 2 is 2.09 bits per heavy atom. The van der Waals surface area contributed by atoms with E-state index in [1.54, 1.807) is 12.1 Å². The van der Waals surface area contributed by atoms with Gasteiger partial charge in [-0.1, -0.05) is 18.2 Å². The lowest BCUT2D eigenvalue weighted by molar-refractivity contribution is -0.143. The molecule has 1 atom stereocenters. The highest BCUT2D eigenvalue weighted by molar-refractivity contribution is 5.70. The SMILES string of the molecule is O=C(O)COc1ccccc1CN1CCOCC(C(=O)O)C1. The van der Waals surface area contributed by atoms with Crippen molar-refractivity contribution in [2.45, 2.75) is 6.54 Å². The number of para-hydroxylation sites is 1. The van der Waals surface area contributed by atoms with Crippen LogP contribution in [0.15, 0.2) is 24.3 Å². The number of aliphatic carboxylic acids is 2. The number of benzene rings is 1. The summed E-state index contributed by atoms with van der Waals surface area (Å²) in [6.45, 7) is 1.78. The molecule has 1 aromatic carbocycles. The van der Waals surface area contributed by atoms with Gasteiger partial charge < -0.3 is 19.7 Å². The van der Waals surface area contributed by atoms with Gasteiger partial charge in [-0.3, -0.25) is 9.69 Å². The molecule has 1 fully saturated rings. The van der Waals surface area contributed by atoms with Crippen LogP contribution in [-0.4, -0.2) is 60.0 Å². The second-order valence-corrected chi connectivity index (χ2v) is 5.14. The minimum absolute atomic E-state index is 0.211. The van der Waals surface area contributed by atoms with Crippen molar-refractivity contribution in [1.82, 2.24) is 4.90 Å². The van der Waals surface area contributed by atoms with Gasteiger partial charge in [0, 0.05) is 25.2 Å². The van der Waals surface area contributed by atoms with Gasteiger partial charge in [-0.05, 0) is 6.07 Å². The molecule has 0 amide bonds. The Labute approximate surface area is 128 Å². The number of carboxylic acid groups (broad SMARTS) is 2. The number of ether oxygens (including phenoxy) is 2. The van der Waals surface area contributed by atoms with E-state index in [2.05, 4.69) is 0 Å². The van der Waals surface area contributed by atoms with Crippen molar-refractivity contribution in [2.75, 3.05) is 32.9 Å². The molecule has 120 valence electrons. The van der Waals surface area contributed by atoms with E-state index in [4.69, 9.17) is 19.7 Å². The zero-order chi connectivity index (χ0) is 15.9. The number of nitrogens with zero attached hydrogens (tertiary/aromatic N) is 1. The Morgan fingerprint density at radius 1 is 1.32 bits per heavy atom. The van der Waals surface area contributed by atoms with Gasteiger partial charge >= 0.3 is 11.9 Å². The molecule has 0 saturated carbocycles. The Hall–Kier alpha value is -2.12. The summed E-state index contributed by atoms with van der Waals surface area (Å²) >= 11 is 0. The molecule has 22 heavy (non-hydrogen) atoms. The first-order valence-electron chi connectivity index (χ1n) is 7.01. The highest BCUT2D eigenvalue weighted by Crippen LogP contribution is 2.21. The average molecular weight is 309 g/mol. The maximum atomic E-state index is 11.2. The predicted octanol–water partition coefficient (Wildman–Crippen LogP) is 0.683. The van der Waals surface area contributed by atoms with Crippen molar-refractivity contribution < 1.29 is 29.3 Å². The van der Waals surface area contributed by atoms with E-state index < -0.39 is 24.5 Å². The fourth-order valence-corrected chi connectivity index (χ4v) is 2.32. The molecule has 0 bridgehead atoms. The van der Waals surface area contributed by atoms with Crippen molar-refractivity contribution in [1.29, 1.82) is 0 Å². The number of carbonyl (C=O) groups is 2. The molecule has 1 aliphatic heterocycles. The van der Waals surface area contributed by atoms with Crippen LogP contribution >= 0.6 is 0 Å². The Bertz CT molecular complexity index is 533. The topological polar surface area (TPSA) is 96.3 Å². The monoisotopic (exact) mass is 309 g/mol. The van der Waals surface area contributed by atoms with Gasteiger partial charge in [-0.25, -0.2) is 4.79 Å². The van der Waals surface area contributed by atoms with Crippen molar-refractivity contribution >= 4 is 11.9 Å². The Morgan fingerprint density at radius 3 is 2.82 bits per heavy atom. The standard InChI is InChI=1S/C15H19NO6/c17-14(18)10-22-13-4-2-1-3-11(13)7-16-5-6-21-9-12(8-16)15(19)20/h1-4,12H,5-10H2,(H,17,18)(H,19,20). The Balaban J connectivity index is 2.05. The molecule has 1 saturated heterocycles. The van der Waals surface area contributed by atoms with Gasteiger partial charge in [0.15, 0.2) is 6.61 Å². The van der Waals surface area contributed by atoms with E-state index >= 15 is 0 Å². The first kappa shape index (κ1) is 16.3. The van der Waals surface area contributed by atoms with Crippen LogP contribution < -0.4 is 4.74 Å². The molecule has 7 nitrogen and oxygen atoms in total. The number of hydrogen-bond acceptors (Lipinski definition) is 5. The first-order valence-corrected chi connectivity index (χ1v) is 7.01. The van der Waals surface area contributed by atoms with E-state index in [0.29, 0.717) is 32.0 Å². The van der Waals surface area contributed by atoms with E-state index in [1.807, 2.05) is 17.0 Å². The van der Waals surface area contributed by atoms with Crippen molar-refractivity contribution in [3.8, 4) is 5.75 Å². The fourth-order valence-electron chi connectivity index (χ4n) is 2.32. The maximum Gasteiger partial charge on any atom is 0.341 e. The minimum Gasteiger partial charge on any atom is -0.482 e. The molecule has 0 spiro atoms. The van der Waals surface area contributed by atoms with E-state index in [1.165, 1.54) is 0 Å². The van der Waals surface area contributed by atoms with Gasteiger partial charge in [0.25, 0.3) is 0 Å². The molecular weight excluding hydrogens is 290 g/mol. The van der Waals surface area contributed by atoms with Crippen molar-refractivity contribution in [3.63, 3.8) is 0 Å². The normalized spacial score (nSPS) is 19.4. The van der Waals surface area contributed by atoms with Gasteiger partial charge in [-0.2, -0.15) is 0 Å². The highest BCUT2D eigenvalue weighted by atomic mass is 16.5. The van der Waals surface area contributed by atoms with Crippen LogP contribution in [0.1, 0.15) is 5.56 Å². The fraction of sp³-hybridized carbons (Fsp3) is 0.467. The zero-order valence-corrected chi connectivity index (χ0v) is 12.1. The van der Waals surface area contributed by atoms with Crippen LogP contribution in [0.3, 0.4) is 0 Å². The summed E-state index contributed by atoms with van der Waals surface area (Å²) in [5.74, 6) is -1.97. The van der Waals surface area contributed by atoms with Crippen LogP contribution in [0.4, 0.5) is 0 Å². The third kappa shape index (κ3) is 4.71. The van der Waals surface area contributed by atoms with Crippen LogP contribution in [0.2, 0.25) is 0 Å². The molecule has 7 heteroatoms. The largest absolute Gasteiger partial charge is 0.482 e. The second-order valence-electron chi connectivity index (χ2n) is 5.14. The number of rotatable bonds is 6. The molecule has 1 unspecified atom stereocenters. The lowest BCUT2D eigenvalue weighted by atomic mass is 10.1. The van der Waals surface area contributed by atoms with E-state index in [-0.39, 0.29) is 6.61 Å². The van der Waals surface area contributed by atoms with Crippen LogP contribution in [0, 0.1) is 5.92 Å². The van der Waals surface area contributed by atoms with Crippen LogP contribution in [0.25, 0.3) is 0 Å². The summed E-state index contributed by atoms with van der Waals surface area (Å²) < 4.78 is 10.6. The quantitative estimate of drug-likeness (QED) is 0.797. The molecule has 2 N–H and O–H groups in total. The summed E-state index contributed by atoms with van der Waals surface area (Å²) in [5, 5.41) is 17.9. The van der Waals surface area contributed by atoms with Gasteiger partial charge in [0.05, 0.1) is 19.1 Å². The first-order chi connectivity index (χ1) is 10.6. The summed E-state index contributed by atoms with van der Waals surface area (Å²) in [4.78, 5) is 23.8. The molecular formula is C15H19NO6. The second kappa shape index (κ2) is 7.77. The molecule has 1 aliphatic rings. The van der Waals surface area contributed by atoms with E-state index in [9.17, 15) is 9.59 Å². The third-order valence-electron chi connectivity index (χ3n) is 3.42. The van der Waals surface area contributed by atoms with Gasteiger partial charge in [0.1, 0.15) is 5.75 Å². The van der Waals surface area contributed by atoms with Crippen LogP contribution in [-0.2, 0) is 20.9 Å². The minimum atomic E-state index is -1.04. The smallest absolute Gasteiger partial charge is 0.341 e. The maximum absolute atomic E-state index is 11.2. The highest BCUT2D eigenvalue weighted by Gasteiger charge is 2.24. The van der Waals surface area contributed by atoms with Crippen LogP contribution in [0.5, 0.6) is 5.75 Å². The molecule has 2 rings (SSSR count). The van der Waals surface area contributed by atoms with Crippen molar-refractivity contribution in [2.24, 2.45) is 5.92 Å². The summed E-state index contributed by atoms with van der Waals surface area (Å²) in [7, 11) is 0. The number of hydrogen-bond donors (Lipinski definition) is 2.